The molecule has 0 aliphatic carbocycles. The summed E-state index contributed by atoms with van der Waals surface area (Å²) in [6, 6.07) is 17.4. The molecule has 1 aliphatic heterocycles. The van der Waals surface area contributed by atoms with Gasteiger partial charge in [-0.1, -0.05) is 24.3 Å². The van der Waals surface area contributed by atoms with Gasteiger partial charge in [0.2, 0.25) is 11.8 Å². The number of carbonyl (C=O) groups is 1. The first kappa shape index (κ1) is 20.1. The first-order chi connectivity index (χ1) is 15.5. The molecule has 0 bridgehead atoms. The molecule has 8 heteroatoms. The number of ether oxygens (including phenoxy) is 1. The average Bonchev–Trinajstić information content (AvgIpc) is 3.36. The highest BCUT2D eigenvalue weighted by molar-refractivity contribution is 5.96. The van der Waals surface area contributed by atoms with E-state index in [1.54, 1.807) is 27.7 Å². The van der Waals surface area contributed by atoms with Gasteiger partial charge in [0.15, 0.2) is 5.65 Å². The van der Waals surface area contributed by atoms with Crippen molar-refractivity contribution in [3.05, 3.63) is 78.2 Å². The lowest BCUT2D eigenvalue weighted by atomic mass is 10.1. The fourth-order valence-electron chi connectivity index (χ4n) is 3.92. The van der Waals surface area contributed by atoms with E-state index in [-0.39, 0.29) is 23.9 Å². The zero-order valence-corrected chi connectivity index (χ0v) is 17.5. The van der Waals surface area contributed by atoms with Gasteiger partial charge in [-0.25, -0.2) is 13.9 Å². The number of nitrogens with two attached hydrogens (primary N) is 1. The van der Waals surface area contributed by atoms with E-state index in [2.05, 4.69) is 10.1 Å². The Morgan fingerprint density at radius 1 is 1.16 bits per heavy atom. The summed E-state index contributed by atoms with van der Waals surface area (Å²) in [5.41, 5.74) is 9.82. The number of fused-ring (bicyclic) bond motifs is 1. The molecule has 32 heavy (non-hydrogen) atoms. The normalized spacial score (nSPS) is 17.2. The largest absolute Gasteiger partial charge is 0.469 e. The van der Waals surface area contributed by atoms with Crippen LogP contribution >= 0.6 is 0 Å². The molecule has 1 amide bonds. The number of halogens is 1. The highest BCUT2D eigenvalue weighted by Gasteiger charge is 2.28. The van der Waals surface area contributed by atoms with Gasteiger partial charge in [0.05, 0.1) is 11.9 Å². The molecule has 1 saturated heterocycles. The fourth-order valence-corrected chi connectivity index (χ4v) is 3.92. The Bertz CT molecular complexity index is 1290. The summed E-state index contributed by atoms with van der Waals surface area (Å²) < 4.78 is 21.2. The van der Waals surface area contributed by atoms with Crippen molar-refractivity contribution in [2.45, 2.75) is 25.5 Å². The van der Waals surface area contributed by atoms with Crippen LogP contribution in [0.5, 0.6) is 5.88 Å². The molecule has 5 rings (SSSR count). The maximum absolute atomic E-state index is 13.5. The molecule has 1 aliphatic rings. The fraction of sp³-hybridized carbons (Fsp3) is 0.208. The summed E-state index contributed by atoms with van der Waals surface area (Å²) in [6.07, 6.45) is 1.75. The van der Waals surface area contributed by atoms with Gasteiger partial charge in [-0.2, -0.15) is 0 Å². The molecule has 0 unspecified atom stereocenters. The van der Waals surface area contributed by atoms with Crippen LogP contribution in [-0.4, -0.2) is 33.1 Å². The molecule has 2 atom stereocenters. The number of imidazole rings is 1. The van der Waals surface area contributed by atoms with Crippen molar-refractivity contribution in [3.63, 3.8) is 0 Å². The molecule has 0 radical (unpaired) electrons. The quantitative estimate of drug-likeness (QED) is 0.520. The topological polar surface area (TPSA) is 85.7 Å². The zero-order valence-electron chi connectivity index (χ0n) is 17.5. The van der Waals surface area contributed by atoms with Crippen molar-refractivity contribution in [2.24, 2.45) is 5.73 Å². The Morgan fingerprint density at radius 2 is 1.97 bits per heavy atom. The predicted octanol–water partition coefficient (Wildman–Crippen LogP) is 3.74. The third kappa shape index (κ3) is 3.80. The number of carbonyl (C=O) groups excluding carboxylic acids is 1. The van der Waals surface area contributed by atoms with Crippen molar-refractivity contribution in [1.29, 1.82) is 0 Å². The van der Waals surface area contributed by atoms with Gasteiger partial charge in [-0.3, -0.25) is 4.79 Å². The van der Waals surface area contributed by atoms with Crippen LogP contribution < -0.4 is 15.4 Å². The minimum atomic E-state index is -0.369. The monoisotopic (exact) mass is 431 g/mol. The number of rotatable bonds is 5. The third-order valence-corrected chi connectivity index (χ3v) is 5.58. The molecule has 3 heterocycles. The van der Waals surface area contributed by atoms with Crippen LogP contribution in [0, 0.1) is 5.82 Å². The lowest BCUT2D eigenvalue weighted by molar-refractivity contribution is -0.117. The summed E-state index contributed by atoms with van der Waals surface area (Å²) >= 11 is 0. The summed E-state index contributed by atoms with van der Waals surface area (Å²) in [4.78, 5) is 18.2. The second-order valence-electron chi connectivity index (χ2n) is 7.92. The van der Waals surface area contributed by atoms with Crippen molar-refractivity contribution in [1.82, 2.24) is 14.6 Å². The van der Waals surface area contributed by atoms with Gasteiger partial charge in [0.1, 0.15) is 11.9 Å². The molecule has 162 valence electrons. The van der Waals surface area contributed by atoms with E-state index < -0.39 is 0 Å². The number of benzene rings is 2. The number of hydrogen-bond acceptors (Lipinski definition) is 5. The van der Waals surface area contributed by atoms with E-state index in [0.29, 0.717) is 24.5 Å². The van der Waals surface area contributed by atoms with Crippen LogP contribution in [0.15, 0.2) is 66.9 Å². The van der Waals surface area contributed by atoms with E-state index in [4.69, 9.17) is 10.5 Å². The molecule has 1 fully saturated rings. The van der Waals surface area contributed by atoms with Gasteiger partial charge in [0.25, 0.3) is 0 Å². The van der Waals surface area contributed by atoms with Gasteiger partial charge >= 0.3 is 0 Å². The van der Waals surface area contributed by atoms with Gasteiger partial charge in [-0.15, -0.1) is 5.10 Å². The van der Waals surface area contributed by atoms with Crippen molar-refractivity contribution >= 4 is 17.2 Å². The summed E-state index contributed by atoms with van der Waals surface area (Å²) in [5.74, 6) is 0.136. The minimum Gasteiger partial charge on any atom is -0.469 e. The Balaban J connectivity index is 1.41. The third-order valence-electron chi connectivity index (χ3n) is 5.58. The van der Waals surface area contributed by atoms with Crippen LogP contribution in [0.1, 0.15) is 25.0 Å². The maximum Gasteiger partial charge on any atom is 0.232 e. The molecule has 2 N–H and O–H groups in total. The first-order valence-corrected chi connectivity index (χ1v) is 10.4. The summed E-state index contributed by atoms with van der Waals surface area (Å²) in [7, 11) is 0. The number of amides is 1. The van der Waals surface area contributed by atoms with Crippen LogP contribution in [-0.2, 0) is 4.79 Å². The van der Waals surface area contributed by atoms with Gasteiger partial charge < -0.3 is 15.4 Å². The SMILES string of the molecule is C[C@@H](Oc1ccc2ncc(-c3ccc(N4C[C@H](N)CC4=O)cc3)n2n1)c1cccc(F)c1. The Kier molecular flexibility index (Phi) is 5.07. The predicted molar refractivity (Wildman–Crippen MR) is 119 cm³/mol. The molecule has 0 spiro atoms. The average molecular weight is 431 g/mol. The van der Waals surface area contributed by atoms with Crippen molar-refractivity contribution in [3.8, 4) is 17.1 Å². The van der Waals surface area contributed by atoms with Crippen LogP contribution in [0.25, 0.3) is 16.9 Å². The van der Waals surface area contributed by atoms with Crippen molar-refractivity contribution in [2.75, 3.05) is 11.4 Å². The smallest absolute Gasteiger partial charge is 0.232 e. The van der Waals surface area contributed by atoms with E-state index in [1.807, 2.05) is 43.3 Å². The number of aromatic nitrogens is 3. The zero-order chi connectivity index (χ0) is 22.2. The second kappa shape index (κ2) is 8.05. The molecule has 2 aromatic heterocycles. The Morgan fingerprint density at radius 3 is 2.69 bits per heavy atom. The Hall–Kier alpha value is -3.78. The maximum atomic E-state index is 13.5. The van der Waals surface area contributed by atoms with E-state index >= 15 is 0 Å². The minimum absolute atomic E-state index is 0.0379. The number of anilines is 1. The lowest BCUT2D eigenvalue weighted by Gasteiger charge is -2.16. The summed E-state index contributed by atoms with van der Waals surface area (Å²) in [5, 5.41) is 4.58. The lowest BCUT2D eigenvalue weighted by Crippen LogP contribution is -2.27. The van der Waals surface area contributed by atoms with Gasteiger partial charge in [-0.05, 0) is 42.8 Å². The van der Waals surface area contributed by atoms with E-state index in [9.17, 15) is 9.18 Å². The molecular weight excluding hydrogens is 409 g/mol. The number of nitrogens with zero attached hydrogens (tertiary/aromatic N) is 4. The highest BCUT2D eigenvalue weighted by atomic mass is 19.1. The van der Waals surface area contributed by atoms with Crippen LogP contribution in [0.3, 0.4) is 0 Å². The first-order valence-electron chi connectivity index (χ1n) is 10.4. The molecule has 4 aromatic rings. The van der Waals surface area contributed by atoms with Crippen molar-refractivity contribution < 1.29 is 13.9 Å². The second-order valence-corrected chi connectivity index (χ2v) is 7.92. The molecule has 0 saturated carbocycles. The van der Waals surface area contributed by atoms with Crippen LogP contribution in [0.4, 0.5) is 10.1 Å². The molecule has 7 nitrogen and oxygen atoms in total. The standard InChI is InChI=1S/C24H22FN5O2/c1-15(17-3-2-4-18(25)11-17)32-23-10-9-22-27-13-21(30(22)28-23)16-5-7-20(8-6-16)29-14-19(26)12-24(29)31/h2-11,13,15,19H,12,14,26H2,1H3/t15-,19-/m1/s1. The highest BCUT2D eigenvalue weighted by Crippen LogP contribution is 2.27. The Labute approximate surface area is 184 Å². The van der Waals surface area contributed by atoms with E-state index in [0.717, 1.165) is 22.5 Å². The van der Waals surface area contributed by atoms with Crippen LogP contribution in [0.2, 0.25) is 0 Å². The molecule has 2 aromatic carbocycles. The van der Waals surface area contributed by atoms with E-state index in [1.165, 1.54) is 12.1 Å². The summed E-state index contributed by atoms with van der Waals surface area (Å²) in [6.45, 7) is 2.37. The number of hydrogen-bond donors (Lipinski definition) is 1. The molecular formula is C24H22FN5O2. The van der Waals surface area contributed by atoms with Gasteiger partial charge in [0, 0.05) is 36.3 Å².